The van der Waals surface area contributed by atoms with Crippen molar-refractivity contribution < 1.29 is 13.9 Å². The molecule has 0 saturated carbocycles. The highest BCUT2D eigenvalue weighted by Gasteiger charge is 2.36. The fourth-order valence-electron chi connectivity index (χ4n) is 3.32. The van der Waals surface area contributed by atoms with E-state index in [2.05, 4.69) is 9.97 Å². The molecule has 1 N–H and O–H groups in total. The van der Waals surface area contributed by atoms with E-state index in [9.17, 15) is 9.18 Å². The molecular weight excluding hydrogens is 321 g/mol. The Bertz CT molecular complexity index is 925. The van der Waals surface area contributed by atoms with Crippen molar-refractivity contribution in [1.29, 1.82) is 0 Å². The molecule has 128 valence electrons. The van der Waals surface area contributed by atoms with Crippen molar-refractivity contribution in [1.82, 2.24) is 14.9 Å². The summed E-state index contributed by atoms with van der Waals surface area (Å²) in [4.78, 5) is 21.3. The number of rotatable bonds is 2. The maximum Gasteiger partial charge on any atom is 0.257 e. The van der Waals surface area contributed by atoms with Crippen molar-refractivity contribution in [2.24, 2.45) is 0 Å². The van der Waals surface area contributed by atoms with Crippen molar-refractivity contribution >= 4 is 16.9 Å². The van der Waals surface area contributed by atoms with Crippen LogP contribution in [0.2, 0.25) is 0 Å². The predicted molar refractivity (Wildman–Crippen MR) is 91.7 cm³/mol. The van der Waals surface area contributed by atoms with E-state index in [0.717, 1.165) is 5.56 Å². The second-order valence-corrected chi connectivity index (χ2v) is 6.40. The van der Waals surface area contributed by atoms with Crippen molar-refractivity contribution in [3.8, 4) is 0 Å². The number of nitrogens with zero attached hydrogens (tertiary/aromatic N) is 2. The largest absolute Gasteiger partial charge is 0.367 e. The number of aromatic amines is 1. The van der Waals surface area contributed by atoms with Crippen LogP contribution >= 0.6 is 0 Å². The molecule has 0 aliphatic carbocycles. The first-order chi connectivity index (χ1) is 12.1. The van der Waals surface area contributed by atoms with E-state index >= 15 is 0 Å². The normalized spacial score (nSPS) is 20.8. The molecule has 1 fully saturated rings. The number of hydrogen-bond donors (Lipinski definition) is 1. The van der Waals surface area contributed by atoms with Gasteiger partial charge in [0.15, 0.2) is 5.82 Å². The predicted octanol–water partition coefficient (Wildman–Crippen LogP) is 3.09. The number of benzene rings is 2. The van der Waals surface area contributed by atoms with E-state index < -0.39 is 11.4 Å². The van der Waals surface area contributed by atoms with Crippen LogP contribution in [0.4, 0.5) is 4.39 Å². The van der Waals surface area contributed by atoms with Gasteiger partial charge in [-0.3, -0.25) is 4.79 Å². The summed E-state index contributed by atoms with van der Waals surface area (Å²) >= 11 is 0. The highest BCUT2D eigenvalue weighted by molar-refractivity contribution is 5.98. The third kappa shape index (κ3) is 2.68. The van der Waals surface area contributed by atoms with Crippen LogP contribution in [0, 0.1) is 5.82 Å². The lowest BCUT2D eigenvalue weighted by Gasteiger charge is -2.41. The molecule has 1 aliphatic rings. The van der Waals surface area contributed by atoms with Gasteiger partial charge in [0, 0.05) is 6.54 Å². The topological polar surface area (TPSA) is 58.2 Å². The molecular formula is C19H18FN3O2. The van der Waals surface area contributed by atoms with Gasteiger partial charge in [-0.2, -0.15) is 0 Å². The monoisotopic (exact) mass is 339 g/mol. The lowest BCUT2D eigenvalue weighted by Crippen LogP contribution is -2.50. The number of carbonyl (C=O) groups excluding carboxylic acids is 1. The first-order valence-electron chi connectivity index (χ1n) is 8.19. The SMILES string of the molecule is CC1(c2ccccc2)CN(C(=O)c2ccc3[nH]cnc3c2F)CCO1. The minimum Gasteiger partial charge on any atom is -0.367 e. The van der Waals surface area contributed by atoms with Crippen molar-refractivity contribution in [2.75, 3.05) is 19.7 Å². The number of fused-ring (bicyclic) bond motifs is 1. The standard InChI is InChI=1S/C19H18FN3O2/c1-19(13-5-3-2-4-6-13)11-23(9-10-25-19)18(24)14-7-8-15-17(16(14)20)22-12-21-15/h2-8,12H,9-11H2,1H3,(H,21,22). The molecule has 1 amide bonds. The van der Waals surface area contributed by atoms with Gasteiger partial charge in [-0.15, -0.1) is 0 Å². The van der Waals surface area contributed by atoms with Gasteiger partial charge < -0.3 is 14.6 Å². The smallest absolute Gasteiger partial charge is 0.257 e. The zero-order valence-electron chi connectivity index (χ0n) is 13.8. The minimum atomic E-state index is -0.609. The Kier molecular flexibility index (Phi) is 3.77. The highest BCUT2D eigenvalue weighted by atomic mass is 19.1. The molecule has 1 saturated heterocycles. The van der Waals surface area contributed by atoms with E-state index in [1.807, 2.05) is 37.3 Å². The van der Waals surface area contributed by atoms with Crippen LogP contribution in [0.1, 0.15) is 22.8 Å². The summed E-state index contributed by atoms with van der Waals surface area (Å²) < 4.78 is 20.6. The third-order valence-electron chi connectivity index (χ3n) is 4.71. The summed E-state index contributed by atoms with van der Waals surface area (Å²) in [6, 6.07) is 13.0. The summed E-state index contributed by atoms with van der Waals surface area (Å²) in [7, 11) is 0. The Morgan fingerprint density at radius 1 is 1.28 bits per heavy atom. The molecule has 1 aliphatic heterocycles. The van der Waals surface area contributed by atoms with Crippen LogP contribution in [0.5, 0.6) is 0 Å². The highest BCUT2D eigenvalue weighted by Crippen LogP contribution is 2.30. The van der Waals surface area contributed by atoms with Crippen molar-refractivity contribution in [2.45, 2.75) is 12.5 Å². The molecule has 0 spiro atoms. The number of nitrogens with one attached hydrogen (secondary N) is 1. The first kappa shape index (κ1) is 15.8. The lowest BCUT2D eigenvalue weighted by molar-refractivity contribution is -0.0931. The molecule has 2 aromatic carbocycles. The Balaban J connectivity index is 1.64. The van der Waals surface area contributed by atoms with Crippen molar-refractivity contribution in [3.05, 3.63) is 65.7 Å². The van der Waals surface area contributed by atoms with E-state index in [0.29, 0.717) is 25.2 Å². The number of aromatic nitrogens is 2. The second kappa shape index (κ2) is 5.97. The van der Waals surface area contributed by atoms with E-state index in [-0.39, 0.29) is 17.0 Å². The van der Waals surface area contributed by atoms with E-state index in [4.69, 9.17) is 4.74 Å². The molecule has 1 aromatic heterocycles. The Labute approximate surface area is 144 Å². The minimum absolute atomic E-state index is 0.0388. The van der Waals surface area contributed by atoms with E-state index in [1.165, 1.54) is 12.4 Å². The van der Waals surface area contributed by atoms with Crippen LogP contribution in [0.3, 0.4) is 0 Å². The van der Waals surface area contributed by atoms with Gasteiger partial charge in [0.05, 0.1) is 30.6 Å². The molecule has 4 rings (SSSR count). The van der Waals surface area contributed by atoms with Crippen LogP contribution in [-0.4, -0.2) is 40.5 Å². The van der Waals surface area contributed by atoms with Gasteiger partial charge in [0.25, 0.3) is 5.91 Å². The molecule has 3 aromatic rings. The van der Waals surface area contributed by atoms with Crippen LogP contribution in [0.25, 0.3) is 11.0 Å². The zero-order chi connectivity index (χ0) is 17.4. The summed E-state index contributed by atoms with van der Waals surface area (Å²) in [5.74, 6) is -0.926. The van der Waals surface area contributed by atoms with Crippen LogP contribution in [-0.2, 0) is 10.3 Å². The number of carbonyl (C=O) groups is 1. The summed E-state index contributed by atoms with van der Waals surface area (Å²) in [5, 5.41) is 0. The Hall–Kier alpha value is -2.73. The average molecular weight is 339 g/mol. The maximum absolute atomic E-state index is 14.7. The molecule has 1 atom stereocenters. The van der Waals surface area contributed by atoms with Crippen LogP contribution < -0.4 is 0 Å². The fourth-order valence-corrected chi connectivity index (χ4v) is 3.32. The molecule has 1 unspecified atom stereocenters. The number of ether oxygens (including phenoxy) is 1. The molecule has 6 heteroatoms. The lowest BCUT2D eigenvalue weighted by atomic mass is 9.93. The number of imidazole rings is 1. The summed E-state index contributed by atoms with van der Waals surface area (Å²) in [6.07, 6.45) is 1.42. The molecule has 2 heterocycles. The molecule has 25 heavy (non-hydrogen) atoms. The number of H-pyrrole nitrogens is 1. The molecule has 0 bridgehead atoms. The Morgan fingerprint density at radius 3 is 2.88 bits per heavy atom. The third-order valence-corrected chi connectivity index (χ3v) is 4.71. The van der Waals surface area contributed by atoms with Gasteiger partial charge in [-0.25, -0.2) is 9.37 Å². The fraction of sp³-hybridized carbons (Fsp3) is 0.263. The number of amides is 1. The van der Waals surface area contributed by atoms with Gasteiger partial charge in [0.2, 0.25) is 0 Å². The van der Waals surface area contributed by atoms with Crippen LogP contribution in [0.15, 0.2) is 48.8 Å². The quantitative estimate of drug-likeness (QED) is 0.780. The number of halogens is 1. The number of hydrogen-bond acceptors (Lipinski definition) is 3. The molecule has 0 radical (unpaired) electrons. The maximum atomic E-state index is 14.7. The summed E-state index contributed by atoms with van der Waals surface area (Å²) in [5.41, 5.74) is 1.19. The number of morpholine rings is 1. The van der Waals surface area contributed by atoms with Gasteiger partial charge in [0.1, 0.15) is 11.1 Å². The second-order valence-electron chi connectivity index (χ2n) is 6.40. The molecule has 5 nitrogen and oxygen atoms in total. The first-order valence-corrected chi connectivity index (χ1v) is 8.19. The van der Waals surface area contributed by atoms with Gasteiger partial charge >= 0.3 is 0 Å². The van der Waals surface area contributed by atoms with Gasteiger partial charge in [-0.05, 0) is 24.6 Å². The van der Waals surface area contributed by atoms with E-state index in [1.54, 1.807) is 11.0 Å². The van der Waals surface area contributed by atoms with Crippen molar-refractivity contribution in [3.63, 3.8) is 0 Å². The zero-order valence-corrected chi connectivity index (χ0v) is 13.8. The average Bonchev–Trinajstić information content (AvgIpc) is 3.12. The van der Waals surface area contributed by atoms with Gasteiger partial charge in [-0.1, -0.05) is 30.3 Å². The summed E-state index contributed by atoms with van der Waals surface area (Å²) in [6.45, 7) is 3.16. The Morgan fingerprint density at radius 2 is 2.08 bits per heavy atom.